The molecule has 0 atom stereocenters. The van der Waals surface area contributed by atoms with Gasteiger partial charge in [-0.05, 0) is 41.5 Å². The van der Waals surface area contributed by atoms with Crippen LogP contribution in [0.3, 0.4) is 0 Å². The molecule has 0 spiro atoms. The summed E-state index contributed by atoms with van der Waals surface area (Å²) in [5.41, 5.74) is 6.76. The van der Waals surface area contributed by atoms with Crippen LogP contribution in [0.1, 0.15) is 20.8 Å². The van der Waals surface area contributed by atoms with Crippen molar-refractivity contribution in [2.24, 2.45) is 5.10 Å². The number of methoxy groups -OCH3 is 1. The molecular formula is C23H20N6O5S. The molecule has 0 saturated heterocycles. The third-order valence-electron chi connectivity index (χ3n) is 5.34. The van der Waals surface area contributed by atoms with Crippen molar-refractivity contribution in [1.29, 1.82) is 0 Å². The molecule has 1 aliphatic rings. The van der Waals surface area contributed by atoms with Gasteiger partial charge in [-0.15, -0.1) is 16.9 Å². The van der Waals surface area contributed by atoms with Crippen LogP contribution in [-0.2, 0) is 17.9 Å². The average molecular weight is 493 g/mol. The Morgan fingerprint density at radius 2 is 1.91 bits per heavy atom. The van der Waals surface area contributed by atoms with Crippen molar-refractivity contribution in [1.82, 2.24) is 20.6 Å². The summed E-state index contributed by atoms with van der Waals surface area (Å²) in [4.78, 5) is 41.5. The highest BCUT2D eigenvalue weighted by atomic mass is 32.1. The van der Waals surface area contributed by atoms with Crippen molar-refractivity contribution in [3.8, 4) is 5.75 Å². The fourth-order valence-corrected chi connectivity index (χ4v) is 4.48. The van der Waals surface area contributed by atoms with Gasteiger partial charge in [0.2, 0.25) is 0 Å². The maximum Gasteiger partial charge on any atom is 0.348 e. The highest BCUT2D eigenvalue weighted by Crippen LogP contribution is 2.22. The summed E-state index contributed by atoms with van der Waals surface area (Å²) < 4.78 is 11.7. The molecule has 0 amide bonds. The number of hydrogen-bond acceptors (Lipinski definition) is 10. The molecule has 0 radical (unpaired) electrons. The van der Waals surface area contributed by atoms with Gasteiger partial charge in [0.05, 0.1) is 24.7 Å². The smallest absolute Gasteiger partial charge is 0.348 e. The first-order valence-corrected chi connectivity index (χ1v) is 11.3. The van der Waals surface area contributed by atoms with Gasteiger partial charge in [0.15, 0.2) is 0 Å². The number of hydrazine groups is 2. The molecule has 4 aromatic rings. The van der Waals surface area contributed by atoms with Crippen molar-refractivity contribution in [3.63, 3.8) is 0 Å². The molecule has 3 N–H and O–H groups in total. The summed E-state index contributed by atoms with van der Waals surface area (Å²) in [7, 11) is 1.56. The molecule has 0 bridgehead atoms. The van der Waals surface area contributed by atoms with E-state index in [1.807, 2.05) is 30.3 Å². The number of hydrazone groups is 1. The number of carbonyl (C=O) groups excluding carboxylic acids is 1. The standard InChI is InChI=1S/C23H20N6O5S/c1-33-17-4-2-3-15(9-17)12-34-22(31)19-10-18-20(35-19)25-23(32)28(21(18)30)11-14-5-7-16(8-6-14)29-13-24-26-27-29/h2-10,13,26-27H,11-12H2,1H3,(H,25,32). The zero-order valence-electron chi connectivity index (χ0n) is 18.5. The molecule has 3 heterocycles. The Balaban J connectivity index is 1.34. The number of thiophene rings is 1. The predicted molar refractivity (Wildman–Crippen MR) is 132 cm³/mol. The van der Waals surface area contributed by atoms with Crippen LogP contribution in [0.4, 0.5) is 5.69 Å². The molecule has 11 nitrogen and oxygen atoms in total. The molecule has 1 aliphatic heterocycles. The summed E-state index contributed by atoms with van der Waals surface area (Å²) in [5, 5.41) is 5.77. The number of esters is 1. The van der Waals surface area contributed by atoms with Crippen LogP contribution in [-0.4, -0.2) is 29.0 Å². The molecule has 0 fully saturated rings. The molecule has 0 saturated carbocycles. The Kier molecular flexibility index (Phi) is 6.04. The maximum absolute atomic E-state index is 13.1. The number of carbonyl (C=O) groups is 1. The number of aromatic nitrogens is 2. The number of hydrogen-bond donors (Lipinski definition) is 3. The first kappa shape index (κ1) is 22.4. The van der Waals surface area contributed by atoms with E-state index in [4.69, 9.17) is 9.47 Å². The van der Waals surface area contributed by atoms with Crippen LogP contribution in [0.25, 0.3) is 10.2 Å². The van der Waals surface area contributed by atoms with Gasteiger partial charge in [0, 0.05) is 0 Å². The third-order valence-corrected chi connectivity index (χ3v) is 6.37. The minimum atomic E-state index is -0.579. The van der Waals surface area contributed by atoms with Gasteiger partial charge >= 0.3 is 11.7 Å². The Morgan fingerprint density at radius 1 is 1.09 bits per heavy atom. The first-order valence-electron chi connectivity index (χ1n) is 10.5. The van der Waals surface area contributed by atoms with E-state index < -0.39 is 17.2 Å². The van der Waals surface area contributed by atoms with Gasteiger partial charge in [0.25, 0.3) is 5.56 Å². The Hall–Kier alpha value is -4.42. The summed E-state index contributed by atoms with van der Waals surface area (Å²) in [5.74, 6) is 0.0803. The van der Waals surface area contributed by atoms with Gasteiger partial charge in [-0.1, -0.05) is 24.3 Å². The lowest BCUT2D eigenvalue weighted by atomic mass is 10.2. The molecule has 2 aromatic heterocycles. The highest BCUT2D eigenvalue weighted by molar-refractivity contribution is 7.20. The predicted octanol–water partition coefficient (Wildman–Crippen LogP) is 1.94. The minimum Gasteiger partial charge on any atom is -0.497 e. The SMILES string of the molecule is COc1cccc(COC(=O)c2cc3c(=O)n(Cc4ccc(N5C=NNN5)cc4)c(=O)[nH]c3s2)c1. The molecule has 0 aliphatic carbocycles. The van der Waals surface area contributed by atoms with E-state index in [9.17, 15) is 14.4 Å². The van der Waals surface area contributed by atoms with Crippen LogP contribution < -0.4 is 32.1 Å². The van der Waals surface area contributed by atoms with E-state index in [0.29, 0.717) is 10.6 Å². The zero-order valence-corrected chi connectivity index (χ0v) is 19.3. The van der Waals surface area contributed by atoms with Gasteiger partial charge in [-0.2, -0.15) is 5.10 Å². The van der Waals surface area contributed by atoms with E-state index >= 15 is 0 Å². The second-order valence-corrected chi connectivity index (χ2v) is 8.66. The molecule has 0 unspecified atom stereocenters. The largest absolute Gasteiger partial charge is 0.497 e. The molecule has 12 heteroatoms. The number of anilines is 1. The van der Waals surface area contributed by atoms with Crippen LogP contribution in [0.5, 0.6) is 5.75 Å². The van der Waals surface area contributed by atoms with Crippen molar-refractivity contribution < 1.29 is 14.3 Å². The van der Waals surface area contributed by atoms with Crippen LogP contribution in [0, 0.1) is 0 Å². The number of fused-ring (bicyclic) bond motifs is 1. The number of aromatic amines is 1. The van der Waals surface area contributed by atoms with Crippen LogP contribution in [0.15, 0.2) is 69.3 Å². The number of nitrogens with zero attached hydrogens (tertiary/aromatic N) is 3. The van der Waals surface area contributed by atoms with Crippen molar-refractivity contribution in [2.75, 3.05) is 12.1 Å². The Morgan fingerprint density at radius 3 is 2.66 bits per heavy atom. The van der Waals surface area contributed by atoms with Gasteiger partial charge in [-0.3, -0.25) is 14.3 Å². The summed E-state index contributed by atoms with van der Waals surface area (Å²) in [6.45, 7) is 0.130. The van der Waals surface area contributed by atoms with E-state index in [-0.39, 0.29) is 23.4 Å². The number of benzene rings is 2. The number of H-pyrrole nitrogens is 1. The summed E-state index contributed by atoms with van der Waals surface area (Å²) in [6, 6.07) is 15.9. The number of nitrogens with one attached hydrogen (secondary N) is 3. The van der Waals surface area contributed by atoms with Crippen molar-refractivity contribution >= 4 is 39.5 Å². The molecule has 2 aromatic carbocycles. The molecule has 5 rings (SSSR count). The van der Waals surface area contributed by atoms with Crippen LogP contribution >= 0.6 is 11.3 Å². The Labute approximate surface area is 202 Å². The normalized spacial score (nSPS) is 12.7. The second-order valence-electron chi connectivity index (χ2n) is 7.61. The third kappa shape index (κ3) is 4.65. The zero-order chi connectivity index (χ0) is 24.4. The van der Waals surface area contributed by atoms with E-state index in [1.54, 1.807) is 36.7 Å². The highest BCUT2D eigenvalue weighted by Gasteiger charge is 2.17. The van der Waals surface area contributed by atoms with Gasteiger partial charge < -0.3 is 9.47 Å². The second kappa shape index (κ2) is 9.44. The topological polar surface area (TPSA) is 130 Å². The molecule has 178 valence electrons. The fourth-order valence-electron chi connectivity index (χ4n) is 3.55. The monoisotopic (exact) mass is 492 g/mol. The molecule has 35 heavy (non-hydrogen) atoms. The fraction of sp³-hybridized carbons (Fsp3) is 0.130. The number of rotatable bonds is 7. The van der Waals surface area contributed by atoms with Crippen molar-refractivity contribution in [3.05, 3.63) is 91.4 Å². The van der Waals surface area contributed by atoms with Crippen LogP contribution in [0.2, 0.25) is 0 Å². The lowest BCUT2D eigenvalue weighted by Gasteiger charge is -2.13. The Bertz CT molecular complexity index is 1540. The van der Waals surface area contributed by atoms with E-state index in [0.717, 1.165) is 32.7 Å². The number of ether oxygens (including phenoxy) is 2. The maximum atomic E-state index is 13.1. The average Bonchev–Trinajstić information content (AvgIpc) is 3.56. The summed E-state index contributed by atoms with van der Waals surface area (Å²) >= 11 is 1.01. The van der Waals surface area contributed by atoms with E-state index in [2.05, 4.69) is 21.2 Å². The minimum absolute atomic E-state index is 0.0515. The summed E-state index contributed by atoms with van der Waals surface area (Å²) in [6.07, 6.45) is 1.58. The van der Waals surface area contributed by atoms with E-state index in [1.165, 1.54) is 6.07 Å². The molecular weight excluding hydrogens is 472 g/mol. The lowest BCUT2D eigenvalue weighted by Crippen LogP contribution is -2.37. The first-order chi connectivity index (χ1) is 17.0. The van der Waals surface area contributed by atoms with Crippen molar-refractivity contribution in [2.45, 2.75) is 13.2 Å². The van der Waals surface area contributed by atoms with Gasteiger partial charge in [0.1, 0.15) is 28.4 Å². The van der Waals surface area contributed by atoms with Gasteiger partial charge in [-0.25, -0.2) is 20.1 Å². The quantitative estimate of drug-likeness (QED) is 0.334. The lowest BCUT2D eigenvalue weighted by molar-refractivity contribution is 0.0478.